The van der Waals surface area contributed by atoms with Crippen LogP contribution in [0.25, 0.3) is 0 Å². The minimum Gasteiger partial charge on any atom is -0.493 e. The predicted molar refractivity (Wildman–Crippen MR) is 73.3 cm³/mol. The average molecular weight is 249 g/mol. The Hall–Kier alpha value is -1.06. The van der Waals surface area contributed by atoms with Gasteiger partial charge < -0.3 is 14.8 Å². The van der Waals surface area contributed by atoms with Crippen LogP contribution in [0.1, 0.15) is 24.5 Å². The van der Waals surface area contributed by atoms with E-state index in [0.717, 1.165) is 51.5 Å². The van der Waals surface area contributed by atoms with Crippen LogP contribution < -0.4 is 10.1 Å². The first-order valence-corrected chi connectivity index (χ1v) is 6.93. The summed E-state index contributed by atoms with van der Waals surface area (Å²) in [6, 6.07) is 6.48. The lowest BCUT2D eigenvalue weighted by molar-refractivity contribution is 0.139. The monoisotopic (exact) mass is 249 g/mol. The van der Waals surface area contributed by atoms with Crippen LogP contribution >= 0.6 is 0 Å². The highest BCUT2D eigenvalue weighted by Crippen LogP contribution is 2.25. The zero-order valence-electron chi connectivity index (χ0n) is 11.2. The first kappa shape index (κ1) is 13.4. The molecule has 18 heavy (non-hydrogen) atoms. The summed E-state index contributed by atoms with van der Waals surface area (Å²) in [6.45, 7) is 6.63. The first-order chi connectivity index (χ1) is 8.90. The van der Waals surface area contributed by atoms with Crippen molar-refractivity contribution in [2.24, 2.45) is 0 Å². The quantitative estimate of drug-likeness (QED) is 0.716. The molecule has 1 aromatic rings. The summed E-state index contributed by atoms with van der Waals surface area (Å²) in [7, 11) is 0. The molecule has 0 atom stereocenters. The van der Waals surface area contributed by atoms with Gasteiger partial charge in [0, 0.05) is 13.0 Å². The summed E-state index contributed by atoms with van der Waals surface area (Å²) in [6.07, 6.45) is 3.21. The molecule has 100 valence electrons. The van der Waals surface area contributed by atoms with Gasteiger partial charge in [-0.2, -0.15) is 0 Å². The van der Waals surface area contributed by atoms with Crippen molar-refractivity contribution >= 4 is 0 Å². The summed E-state index contributed by atoms with van der Waals surface area (Å²) in [5, 5.41) is 3.33. The maximum atomic E-state index is 5.61. The summed E-state index contributed by atoms with van der Waals surface area (Å²) in [5.74, 6) is 1.06. The molecule has 1 heterocycles. The average Bonchev–Trinajstić information content (AvgIpc) is 2.85. The molecule has 1 N–H and O–H groups in total. The molecule has 3 nitrogen and oxygen atoms in total. The summed E-state index contributed by atoms with van der Waals surface area (Å²) >= 11 is 0. The van der Waals surface area contributed by atoms with Crippen molar-refractivity contribution in [3.05, 3.63) is 29.3 Å². The molecule has 0 saturated carbocycles. The van der Waals surface area contributed by atoms with Crippen LogP contribution in [0.4, 0.5) is 0 Å². The first-order valence-electron chi connectivity index (χ1n) is 6.93. The fourth-order valence-corrected chi connectivity index (χ4v) is 2.13. The standard InChI is InChI=1S/C15H23NO2/c1-2-7-16-8-11-17-9-5-13-3-4-15-14(12-13)6-10-18-15/h3-4,12,16H,2,5-11H2,1H3. The molecule has 0 bridgehead atoms. The Morgan fingerprint density at radius 1 is 1.28 bits per heavy atom. The Morgan fingerprint density at radius 2 is 2.22 bits per heavy atom. The highest BCUT2D eigenvalue weighted by Gasteiger charge is 2.11. The number of benzene rings is 1. The molecule has 1 aliphatic rings. The van der Waals surface area contributed by atoms with E-state index in [2.05, 4.69) is 30.4 Å². The van der Waals surface area contributed by atoms with Crippen LogP contribution in [0.2, 0.25) is 0 Å². The van der Waals surface area contributed by atoms with E-state index in [-0.39, 0.29) is 0 Å². The molecule has 2 rings (SSSR count). The van der Waals surface area contributed by atoms with E-state index in [4.69, 9.17) is 9.47 Å². The van der Waals surface area contributed by atoms with Crippen molar-refractivity contribution < 1.29 is 9.47 Å². The summed E-state index contributed by atoms with van der Waals surface area (Å²) in [4.78, 5) is 0. The van der Waals surface area contributed by atoms with E-state index in [9.17, 15) is 0 Å². The summed E-state index contributed by atoms with van der Waals surface area (Å²) in [5.41, 5.74) is 2.69. The molecule has 1 aliphatic heterocycles. The van der Waals surface area contributed by atoms with Crippen molar-refractivity contribution in [2.75, 3.05) is 32.9 Å². The molecule has 0 fully saturated rings. The van der Waals surface area contributed by atoms with Gasteiger partial charge in [-0.15, -0.1) is 0 Å². The third-order valence-electron chi connectivity index (χ3n) is 3.14. The van der Waals surface area contributed by atoms with Gasteiger partial charge in [0.1, 0.15) is 5.75 Å². The fourth-order valence-electron chi connectivity index (χ4n) is 2.13. The largest absolute Gasteiger partial charge is 0.493 e. The van der Waals surface area contributed by atoms with Crippen LogP contribution in [-0.4, -0.2) is 32.9 Å². The second-order valence-corrected chi connectivity index (χ2v) is 4.65. The third-order valence-corrected chi connectivity index (χ3v) is 3.14. The lowest BCUT2D eigenvalue weighted by Crippen LogP contribution is -2.20. The van der Waals surface area contributed by atoms with Gasteiger partial charge in [-0.3, -0.25) is 0 Å². The number of hydrogen-bond donors (Lipinski definition) is 1. The maximum Gasteiger partial charge on any atom is 0.122 e. The Bertz CT molecular complexity index is 366. The lowest BCUT2D eigenvalue weighted by Gasteiger charge is -2.06. The van der Waals surface area contributed by atoms with Crippen LogP contribution in [0.5, 0.6) is 5.75 Å². The molecule has 3 heteroatoms. The van der Waals surface area contributed by atoms with Gasteiger partial charge in [0.2, 0.25) is 0 Å². The summed E-state index contributed by atoms with van der Waals surface area (Å²) < 4.78 is 11.1. The van der Waals surface area contributed by atoms with Gasteiger partial charge in [-0.1, -0.05) is 19.1 Å². The third kappa shape index (κ3) is 4.00. The van der Waals surface area contributed by atoms with E-state index < -0.39 is 0 Å². The molecule has 1 aromatic carbocycles. The SMILES string of the molecule is CCCNCCOCCc1ccc2c(c1)CCO2. The van der Waals surface area contributed by atoms with Gasteiger partial charge in [0.15, 0.2) is 0 Å². The van der Waals surface area contributed by atoms with Gasteiger partial charge in [0.25, 0.3) is 0 Å². The smallest absolute Gasteiger partial charge is 0.122 e. The minimum atomic E-state index is 0.799. The Kier molecular flexibility index (Phi) is 5.49. The number of nitrogens with one attached hydrogen (secondary N) is 1. The van der Waals surface area contributed by atoms with E-state index in [1.807, 2.05) is 0 Å². The van der Waals surface area contributed by atoms with Crippen molar-refractivity contribution in [1.82, 2.24) is 5.32 Å². The molecular formula is C15H23NO2. The van der Waals surface area contributed by atoms with Gasteiger partial charge in [-0.25, -0.2) is 0 Å². The van der Waals surface area contributed by atoms with E-state index in [1.54, 1.807) is 0 Å². The van der Waals surface area contributed by atoms with Crippen LogP contribution in [0.15, 0.2) is 18.2 Å². The molecule has 0 amide bonds. The van der Waals surface area contributed by atoms with Gasteiger partial charge in [0.05, 0.1) is 19.8 Å². The van der Waals surface area contributed by atoms with Crippen LogP contribution in [0.3, 0.4) is 0 Å². The Balaban J connectivity index is 1.62. The van der Waals surface area contributed by atoms with Crippen LogP contribution in [0, 0.1) is 0 Å². The lowest BCUT2D eigenvalue weighted by atomic mass is 10.1. The second-order valence-electron chi connectivity index (χ2n) is 4.65. The van der Waals surface area contributed by atoms with Crippen molar-refractivity contribution in [2.45, 2.75) is 26.2 Å². The van der Waals surface area contributed by atoms with E-state index in [0.29, 0.717) is 0 Å². The number of rotatable bonds is 8. The van der Waals surface area contributed by atoms with Gasteiger partial charge >= 0.3 is 0 Å². The Labute approximate surface area is 109 Å². The highest BCUT2D eigenvalue weighted by molar-refractivity contribution is 5.39. The van der Waals surface area contributed by atoms with Crippen molar-refractivity contribution in [3.63, 3.8) is 0 Å². The number of hydrogen-bond acceptors (Lipinski definition) is 3. The maximum absolute atomic E-state index is 5.61. The van der Waals surface area contributed by atoms with Gasteiger partial charge in [-0.05, 0) is 36.6 Å². The Morgan fingerprint density at radius 3 is 3.11 bits per heavy atom. The van der Waals surface area contributed by atoms with Crippen molar-refractivity contribution in [3.8, 4) is 5.75 Å². The van der Waals surface area contributed by atoms with E-state index in [1.165, 1.54) is 17.5 Å². The zero-order chi connectivity index (χ0) is 12.6. The van der Waals surface area contributed by atoms with Crippen molar-refractivity contribution in [1.29, 1.82) is 0 Å². The number of ether oxygens (including phenoxy) is 2. The normalized spacial score (nSPS) is 13.4. The number of fused-ring (bicyclic) bond motifs is 1. The molecule has 0 saturated heterocycles. The topological polar surface area (TPSA) is 30.5 Å². The second kappa shape index (κ2) is 7.39. The fraction of sp³-hybridized carbons (Fsp3) is 0.600. The minimum absolute atomic E-state index is 0.799. The van der Waals surface area contributed by atoms with Crippen LogP contribution in [-0.2, 0) is 17.6 Å². The molecule has 0 aromatic heterocycles. The predicted octanol–water partition coefficient (Wildman–Crippen LogP) is 2.18. The molecule has 0 aliphatic carbocycles. The van der Waals surface area contributed by atoms with E-state index >= 15 is 0 Å². The zero-order valence-corrected chi connectivity index (χ0v) is 11.2. The molecule has 0 unspecified atom stereocenters. The highest BCUT2D eigenvalue weighted by atomic mass is 16.5. The molecular weight excluding hydrogens is 226 g/mol. The molecule has 0 spiro atoms. The molecule has 0 radical (unpaired) electrons.